The topological polar surface area (TPSA) is 65.8 Å². The monoisotopic (exact) mass is 358 g/mol. The molecule has 1 amide bonds. The third kappa shape index (κ3) is 4.19. The van der Waals surface area contributed by atoms with Crippen LogP contribution in [-0.4, -0.2) is 59.8 Å². The van der Waals surface area contributed by atoms with Gasteiger partial charge in [-0.05, 0) is 24.1 Å². The van der Waals surface area contributed by atoms with Crippen LogP contribution in [0.5, 0.6) is 0 Å². The van der Waals surface area contributed by atoms with Crippen molar-refractivity contribution >= 4 is 17.6 Å². The number of hydrogen-bond donors (Lipinski definition) is 1. The molecule has 26 heavy (non-hydrogen) atoms. The molecule has 0 saturated carbocycles. The first-order valence-electron chi connectivity index (χ1n) is 8.56. The number of aromatic nitrogens is 2. The molecule has 1 fully saturated rings. The normalized spacial score (nSPS) is 15.5. The number of guanidine groups is 1. The number of halogens is 1. The molecule has 0 atom stereocenters. The fraction of sp³-hybridized carbons (Fsp3) is 0.389. The first-order valence-corrected chi connectivity index (χ1v) is 8.56. The maximum absolute atomic E-state index is 12.9. The molecule has 1 aliphatic heterocycles. The van der Waals surface area contributed by atoms with Gasteiger partial charge in [0.15, 0.2) is 5.96 Å². The molecule has 1 N–H and O–H groups in total. The average Bonchev–Trinajstić information content (AvgIpc) is 3.06. The Labute approximate surface area is 152 Å². The molecule has 1 saturated heterocycles. The van der Waals surface area contributed by atoms with Gasteiger partial charge in [-0.2, -0.15) is 5.10 Å². The summed E-state index contributed by atoms with van der Waals surface area (Å²) in [5.74, 6) is 0.486. The maximum atomic E-state index is 12.9. The van der Waals surface area contributed by atoms with Gasteiger partial charge in [0.05, 0.1) is 11.9 Å². The Morgan fingerprint density at radius 1 is 1.31 bits per heavy atom. The zero-order valence-corrected chi connectivity index (χ0v) is 15.0. The fourth-order valence-electron chi connectivity index (χ4n) is 2.98. The Morgan fingerprint density at radius 2 is 2.08 bits per heavy atom. The lowest BCUT2D eigenvalue weighted by Gasteiger charge is -2.35. The van der Waals surface area contributed by atoms with E-state index in [2.05, 4.69) is 15.4 Å². The van der Waals surface area contributed by atoms with E-state index in [0.29, 0.717) is 25.6 Å². The number of aliphatic imine (C=N–C) groups is 1. The van der Waals surface area contributed by atoms with Gasteiger partial charge in [-0.1, -0.05) is 12.1 Å². The summed E-state index contributed by atoms with van der Waals surface area (Å²) in [6.45, 7) is 2.21. The van der Waals surface area contributed by atoms with Crippen molar-refractivity contribution in [3.63, 3.8) is 0 Å². The number of anilines is 1. The average molecular weight is 358 g/mol. The van der Waals surface area contributed by atoms with Crippen LogP contribution in [-0.2, 0) is 18.3 Å². The first-order chi connectivity index (χ1) is 12.6. The highest BCUT2D eigenvalue weighted by molar-refractivity contribution is 5.98. The molecule has 7 nitrogen and oxygen atoms in total. The number of nitrogens with zero attached hydrogens (tertiary/aromatic N) is 5. The van der Waals surface area contributed by atoms with Crippen LogP contribution in [0.25, 0.3) is 0 Å². The predicted octanol–water partition coefficient (Wildman–Crippen LogP) is 1.03. The number of benzene rings is 1. The highest BCUT2D eigenvalue weighted by atomic mass is 19.1. The summed E-state index contributed by atoms with van der Waals surface area (Å²) in [5, 5.41) is 7.40. The molecule has 0 spiro atoms. The van der Waals surface area contributed by atoms with Gasteiger partial charge in [-0.25, -0.2) is 4.39 Å². The molecule has 0 unspecified atom stereocenters. The van der Waals surface area contributed by atoms with E-state index >= 15 is 0 Å². The highest BCUT2D eigenvalue weighted by Gasteiger charge is 2.27. The summed E-state index contributed by atoms with van der Waals surface area (Å²) < 4.78 is 14.6. The molecular weight excluding hydrogens is 335 g/mol. The molecule has 0 radical (unpaired) electrons. The van der Waals surface area contributed by atoms with Crippen LogP contribution in [0.4, 0.5) is 10.1 Å². The second kappa shape index (κ2) is 7.99. The molecule has 1 aliphatic rings. The van der Waals surface area contributed by atoms with E-state index in [-0.39, 0.29) is 18.3 Å². The molecule has 0 aliphatic carbocycles. The minimum absolute atomic E-state index is 0.0192. The van der Waals surface area contributed by atoms with Crippen molar-refractivity contribution in [1.29, 1.82) is 0 Å². The van der Waals surface area contributed by atoms with Gasteiger partial charge in [0.25, 0.3) is 0 Å². The molecule has 2 aromatic rings. The number of carbonyl (C=O) groups excluding carboxylic acids is 1. The number of hydrogen-bond acceptors (Lipinski definition) is 3. The van der Waals surface area contributed by atoms with Gasteiger partial charge in [0.1, 0.15) is 12.4 Å². The molecule has 8 heteroatoms. The maximum Gasteiger partial charge on any atom is 0.246 e. The van der Waals surface area contributed by atoms with Crippen LogP contribution in [0.2, 0.25) is 0 Å². The van der Waals surface area contributed by atoms with E-state index in [1.807, 2.05) is 18.1 Å². The third-order valence-electron chi connectivity index (χ3n) is 4.35. The lowest BCUT2D eigenvalue weighted by Crippen LogP contribution is -2.55. The van der Waals surface area contributed by atoms with Crippen LogP contribution < -0.4 is 10.2 Å². The van der Waals surface area contributed by atoms with Crippen molar-refractivity contribution < 1.29 is 9.18 Å². The lowest BCUT2D eigenvalue weighted by molar-refractivity contribution is -0.120. The summed E-state index contributed by atoms with van der Waals surface area (Å²) in [6.07, 6.45) is 4.29. The largest absolute Gasteiger partial charge is 0.356 e. The van der Waals surface area contributed by atoms with Gasteiger partial charge in [0.2, 0.25) is 5.91 Å². The summed E-state index contributed by atoms with van der Waals surface area (Å²) in [7, 11) is 3.54. The minimum atomic E-state index is -0.234. The van der Waals surface area contributed by atoms with Crippen molar-refractivity contribution in [2.24, 2.45) is 12.0 Å². The third-order valence-corrected chi connectivity index (χ3v) is 4.35. The number of rotatable bonds is 4. The van der Waals surface area contributed by atoms with E-state index in [1.165, 1.54) is 12.1 Å². The Bertz CT molecular complexity index is 785. The van der Waals surface area contributed by atoms with Gasteiger partial charge < -0.3 is 15.1 Å². The van der Waals surface area contributed by atoms with Gasteiger partial charge in [-0.15, -0.1) is 0 Å². The van der Waals surface area contributed by atoms with Gasteiger partial charge >= 0.3 is 0 Å². The van der Waals surface area contributed by atoms with Crippen molar-refractivity contribution in [2.75, 3.05) is 38.1 Å². The molecule has 2 heterocycles. The smallest absolute Gasteiger partial charge is 0.246 e. The van der Waals surface area contributed by atoms with Crippen LogP contribution in [0.1, 0.15) is 5.56 Å². The molecule has 3 rings (SSSR count). The Kier molecular flexibility index (Phi) is 5.50. The minimum Gasteiger partial charge on any atom is -0.356 e. The van der Waals surface area contributed by atoms with Gasteiger partial charge in [-0.3, -0.25) is 14.5 Å². The van der Waals surface area contributed by atoms with E-state index in [1.54, 1.807) is 35.0 Å². The van der Waals surface area contributed by atoms with E-state index in [0.717, 1.165) is 17.7 Å². The number of nitrogens with one attached hydrogen (secondary N) is 1. The summed E-state index contributed by atoms with van der Waals surface area (Å²) in [6, 6.07) is 6.47. The molecule has 1 aromatic carbocycles. The van der Waals surface area contributed by atoms with E-state index in [4.69, 9.17) is 0 Å². The Hall–Kier alpha value is -2.90. The summed E-state index contributed by atoms with van der Waals surface area (Å²) in [4.78, 5) is 20.5. The molecule has 1 aromatic heterocycles. The van der Waals surface area contributed by atoms with Crippen LogP contribution in [0.15, 0.2) is 41.7 Å². The zero-order chi connectivity index (χ0) is 18.5. The number of piperazine rings is 1. The SMILES string of the molecule is CN=C(NCCc1ccc(F)cc1)N1CCN(c2cnn(C)c2)C(=O)C1. The standard InChI is InChI=1S/C18H23FN6O/c1-20-18(21-8-7-14-3-5-15(19)6-4-14)24-9-10-25(17(26)13-24)16-11-22-23(2)12-16/h3-6,11-12H,7-10,13H2,1-2H3,(H,20,21). The fourth-order valence-corrected chi connectivity index (χ4v) is 2.98. The number of aryl methyl sites for hydroxylation is 1. The highest BCUT2D eigenvalue weighted by Crippen LogP contribution is 2.16. The second-order valence-corrected chi connectivity index (χ2v) is 6.19. The first kappa shape index (κ1) is 17.9. The van der Waals surface area contributed by atoms with Crippen molar-refractivity contribution in [3.05, 3.63) is 48.0 Å². The predicted molar refractivity (Wildman–Crippen MR) is 98.6 cm³/mol. The number of amides is 1. The van der Waals surface area contributed by atoms with Crippen LogP contribution in [0, 0.1) is 5.82 Å². The van der Waals surface area contributed by atoms with Crippen molar-refractivity contribution in [2.45, 2.75) is 6.42 Å². The van der Waals surface area contributed by atoms with Crippen molar-refractivity contribution in [3.8, 4) is 0 Å². The van der Waals surface area contributed by atoms with Crippen LogP contribution in [0.3, 0.4) is 0 Å². The summed E-state index contributed by atoms with van der Waals surface area (Å²) >= 11 is 0. The van der Waals surface area contributed by atoms with Gasteiger partial charge in [0, 0.05) is 39.9 Å². The quantitative estimate of drug-likeness (QED) is 0.655. The number of carbonyl (C=O) groups is 1. The van der Waals surface area contributed by atoms with Crippen LogP contribution >= 0.6 is 0 Å². The van der Waals surface area contributed by atoms with E-state index < -0.39 is 0 Å². The Morgan fingerprint density at radius 3 is 2.69 bits per heavy atom. The second-order valence-electron chi connectivity index (χ2n) is 6.19. The van der Waals surface area contributed by atoms with Crippen molar-refractivity contribution in [1.82, 2.24) is 20.0 Å². The molecule has 0 bridgehead atoms. The summed E-state index contributed by atoms with van der Waals surface area (Å²) in [5.41, 5.74) is 1.86. The lowest BCUT2D eigenvalue weighted by atomic mass is 10.1. The molecular formula is C18H23FN6O. The Balaban J connectivity index is 1.53. The zero-order valence-electron chi connectivity index (χ0n) is 15.0. The van der Waals surface area contributed by atoms with E-state index in [9.17, 15) is 9.18 Å². The molecule has 138 valence electrons.